The van der Waals surface area contributed by atoms with Gasteiger partial charge < -0.3 is 14.0 Å². The molecule has 2 aliphatic rings. The van der Waals surface area contributed by atoms with Gasteiger partial charge in [0.15, 0.2) is 0 Å². The molecule has 0 saturated carbocycles. The molecule has 0 radical (unpaired) electrons. The average molecular weight is 288 g/mol. The number of fused-ring (bicyclic) bond motifs is 1. The van der Waals surface area contributed by atoms with Crippen LogP contribution in [-0.4, -0.2) is 25.4 Å². The van der Waals surface area contributed by atoms with E-state index in [0.717, 1.165) is 12.2 Å². The van der Waals surface area contributed by atoms with Gasteiger partial charge >= 0.3 is 7.12 Å². The Bertz CT molecular complexity index is 537. The van der Waals surface area contributed by atoms with Crippen molar-refractivity contribution in [3.8, 4) is 5.75 Å². The third-order valence-electron chi connectivity index (χ3n) is 5.43. The molecule has 1 aliphatic carbocycles. The van der Waals surface area contributed by atoms with Crippen LogP contribution in [0.15, 0.2) is 18.2 Å². The molecule has 114 valence electrons. The lowest BCUT2D eigenvalue weighted by molar-refractivity contribution is 0.00578. The minimum Gasteiger partial charge on any atom is -0.497 e. The second-order valence-corrected chi connectivity index (χ2v) is 7.36. The predicted molar refractivity (Wildman–Crippen MR) is 84.8 cm³/mol. The number of hydrogen-bond acceptors (Lipinski definition) is 3. The molecule has 0 spiro atoms. The molecule has 3 rings (SSSR count). The molecule has 1 fully saturated rings. The van der Waals surface area contributed by atoms with Gasteiger partial charge in [0.25, 0.3) is 0 Å². The fourth-order valence-corrected chi connectivity index (χ4v) is 3.40. The lowest BCUT2D eigenvalue weighted by atomic mass is 9.68. The number of rotatable bonds is 2. The lowest BCUT2D eigenvalue weighted by Gasteiger charge is -2.32. The van der Waals surface area contributed by atoms with Gasteiger partial charge in [-0.1, -0.05) is 13.0 Å². The maximum atomic E-state index is 6.26. The van der Waals surface area contributed by atoms with Gasteiger partial charge in [-0.3, -0.25) is 0 Å². The summed E-state index contributed by atoms with van der Waals surface area (Å²) in [5.41, 5.74) is 2.17. The molecule has 0 bridgehead atoms. The van der Waals surface area contributed by atoms with E-state index in [4.69, 9.17) is 14.0 Å². The third kappa shape index (κ3) is 2.29. The van der Waals surface area contributed by atoms with Crippen LogP contribution < -0.4 is 4.74 Å². The highest BCUT2D eigenvalue weighted by molar-refractivity contribution is 6.47. The largest absolute Gasteiger partial charge is 0.497 e. The molecule has 3 nitrogen and oxygen atoms in total. The van der Waals surface area contributed by atoms with E-state index in [1.807, 2.05) is 6.07 Å². The number of ether oxygens (including phenoxy) is 1. The summed E-state index contributed by atoms with van der Waals surface area (Å²) in [5.74, 6) is 1.73. The van der Waals surface area contributed by atoms with Gasteiger partial charge in [-0.25, -0.2) is 0 Å². The Kier molecular flexibility index (Phi) is 3.38. The van der Waals surface area contributed by atoms with Crippen molar-refractivity contribution in [2.75, 3.05) is 7.11 Å². The van der Waals surface area contributed by atoms with Crippen molar-refractivity contribution in [3.63, 3.8) is 0 Å². The zero-order chi connectivity index (χ0) is 15.4. The van der Waals surface area contributed by atoms with Gasteiger partial charge in [-0.05, 0) is 63.3 Å². The van der Waals surface area contributed by atoms with Crippen molar-refractivity contribution < 1.29 is 14.0 Å². The molecule has 1 aliphatic heterocycles. The molecule has 0 N–H and O–H groups in total. The summed E-state index contributed by atoms with van der Waals surface area (Å²) in [6, 6.07) is 6.38. The quantitative estimate of drug-likeness (QED) is 0.772. The lowest BCUT2D eigenvalue weighted by Crippen LogP contribution is -2.41. The second-order valence-electron chi connectivity index (χ2n) is 7.36. The highest BCUT2D eigenvalue weighted by Crippen LogP contribution is 2.49. The van der Waals surface area contributed by atoms with Gasteiger partial charge in [0.2, 0.25) is 0 Å². The van der Waals surface area contributed by atoms with Gasteiger partial charge in [0.05, 0.1) is 18.3 Å². The van der Waals surface area contributed by atoms with E-state index in [1.54, 1.807) is 7.11 Å². The SMILES string of the molecule is COc1ccc2c(c1)[C@@H](B1OC(C)(C)C(C)(C)O1)C[C@@H]2C. The normalized spacial score (nSPS) is 29.5. The fourth-order valence-electron chi connectivity index (χ4n) is 3.40. The fraction of sp³-hybridized carbons (Fsp3) is 0.647. The van der Waals surface area contributed by atoms with Crippen LogP contribution in [0.1, 0.15) is 63.9 Å². The molecule has 0 amide bonds. The van der Waals surface area contributed by atoms with Crippen molar-refractivity contribution in [2.45, 2.75) is 64.0 Å². The minimum absolute atomic E-state index is 0.175. The van der Waals surface area contributed by atoms with Crippen LogP contribution in [0.3, 0.4) is 0 Å². The Labute approximate surface area is 128 Å². The first-order valence-electron chi connectivity index (χ1n) is 7.78. The Morgan fingerprint density at radius 2 is 1.71 bits per heavy atom. The molecule has 1 aromatic carbocycles. The van der Waals surface area contributed by atoms with E-state index in [-0.39, 0.29) is 24.1 Å². The van der Waals surface area contributed by atoms with Crippen molar-refractivity contribution in [3.05, 3.63) is 29.3 Å². The third-order valence-corrected chi connectivity index (χ3v) is 5.43. The molecule has 4 heteroatoms. The second kappa shape index (κ2) is 4.75. The predicted octanol–water partition coefficient (Wildman–Crippen LogP) is 3.92. The number of methoxy groups -OCH3 is 1. The molecule has 1 aromatic rings. The first-order chi connectivity index (χ1) is 9.75. The topological polar surface area (TPSA) is 27.7 Å². The van der Waals surface area contributed by atoms with Crippen molar-refractivity contribution in [1.29, 1.82) is 0 Å². The molecular weight excluding hydrogens is 263 g/mol. The average Bonchev–Trinajstić information content (AvgIpc) is 2.84. The monoisotopic (exact) mass is 288 g/mol. The molecule has 2 atom stereocenters. The van der Waals surface area contributed by atoms with Gasteiger partial charge in [0, 0.05) is 5.82 Å². The standard InChI is InChI=1S/C17H25BO3/c1-11-9-15(14-10-12(19-6)7-8-13(11)14)18-20-16(2,3)17(4,5)21-18/h7-8,10-11,15H,9H2,1-6H3/t11-,15-/m0/s1. The van der Waals surface area contributed by atoms with E-state index < -0.39 is 0 Å². The van der Waals surface area contributed by atoms with Crippen LogP contribution in [0.4, 0.5) is 0 Å². The molecule has 1 heterocycles. The summed E-state index contributed by atoms with van der Waals surface area (Å²) in [6.45, 7) is 10.7. The van der Waals surface area contributed by atoms with Crippen LogP contribution in [0.5, 0.6) is 5.75 Å². The first kappa shape index (κ1) is 14.9. The maximum absolute atomic E-state index is 6.26. The summed E-state index contributed by atoms with van der Waals surface area (Å²) < 4.78 is 17.9. The minimum atomic E-state index is -0.275. The van der Waals surface area contributed by atoms with Crippen molar-refractivity contribution in [2.24, 2.45) is 0 Å². The van der Waals surface area contributed by atoms with E-state index in [9.17, 15) is 0 Å². The molecule has 0 unspecified atom stereocenters. The van der Waals surface area contributed by atoms with E-state index in [2.05, 4.69) is 46.8 Å². The van der Waals surface area contributed by atoms with Crippen LogP contribution in [0, 0.1) is 0 Å². The number of benzene rings is 1. The summed E-state index contributed by atoms with van der Waals surface area (Å²) >= 11 is 0. The zero-order valence-electron chi connectivity index (χ0n) is 13.9. The van der Waals surface area contributed by atoms with Crippen molar-refractivity contribution in [1.82, 2.24) is 0 Å². The molecule has 21 heavy (non-hydrogen) atoms. The summed E-state index contributed by atoms with van der Waals surface area (Å²) in [5, 5.41) is 0. The maximum Gasteiger partial charge on any atom is 0.465 e. The van der Waals surface area contributed by atoms with Gasteiger partial charge in [-0.2, -0.15) is 0 Å². The zero-order valence-corrected chi connectivity index (χ0v) is 13.9. The Balaban J connectivity index is 1.93. The highest BCUT2D eigenvalue weighted by atomic mass is 16.7. The summed E-state index contributed by atoms with van der Waals surface area (Å²) in [6.07, 6.45) is 1.07. The van der Waals surface area contributed by atoms with Crippen molar-refractivity contribution >= 4 is 7.12 Å². The first-order valence-corrected chi connectivity index (χ1v) is 7.78. The molecular formula is C17H25BO3. The summed E-state index contributed by atoms with van der Waals surface area (Å²) in [4.78, 5) is 0. The van der Waals surface area contributed by atoms with Gasteiger partial charge in [0.1, 0.15) is 5.75 Å². The number of hydrogen-bond donors (Lipinski definition) is 0. The Morgan fingerprint density at radius 1 is 1.10 bits per heavy atom. The van der Waals surface area contributed by atoms with Crippen LogP contribution in [-0.2, 0) is 9.31 Å². The molecule has 1 saturated heterocycles. The van der Waals surface area contributed by atoms with Crippen LogP contribution >= 0.6 is 0 Å². The Hall–Kier alpha value is -0.995. The molecule has 0 aromatic heterocycles. The van der Waals surface area contributed by atoms with E-state index in [1.165, 1.54) is 11.1 Å². The highest BCUT2D eigenvalue weighted by Gasteiger charge is 2.55. The van der Waals surface area contributed by atoms with Crippen LogP contribution in [0.25, 0.3) is 0 Å². The Morgan fingerprint density at radius 3 is 2.29 bits per heavy atom. The van der Waals surface area contributed by atoms with E-state index >= 15 is 0 Å². The smallest absolute Gasteiger partial charge is 0.465 e. The van der Waals surface area contributed by atoms with E-state index in [0.29, 0.717) is 5.92 Å². The summed E-state index contributed by atoms with van der Waals surface area (Å²) in [7, 11) is 1.54. The van der Waals surface area contributed by atoms with Gasteiger partial charge in [-0.15, -0.1) is 0 Å². The van der Waals surface area contributed by atoms with Crippen LogP contribution in [0.2, 0.25) is 0 Å².